The van der Waals surface area contributed by atoms with Crippen molar-refractivity contribution in [1.29, 1.82) is 0 Å². The maximum absolute atomic E-state index is 5.85. The Morgan fingerprint density at radius 3 is 1.27 bits per heavy atom. The Labute approximate surface area is 295 Å². The van der Waals surface area contributed by atoms with Gasteiger partial charge in [-0.1, -0.05) is 59.7 Å². The van der Waals surface area contributed by atoms with E-state index in [0.29, 0.717) is 12.1 Å². The molecule has 0 amide bonds. The van der Waals surface area contributed by atoms with E-state index < -0.39 is 17.6 Å². The van der Waals surface area contributed by atoms with E-state index in [2.05, 4.69) is 50.2 Å². The number of hydrogen-bond donors (Lipinski definition) is 0. The lowest BCUT2D eigenvalue weighted by Crippen LogP contribution is -2.48. The van der Waals surface area contributed by atoms with Gasteiger partial charge in [0.05, 0.1) is 20.4 Å². The first-order valence-corrected chi connectivity index (χ1v) is 25.9. The number of hydrogen-bond acceptors (Lipinski definition) is 15. The van der Waals surface area contributed by atoms with Crippen LogP contribution in [0.5, 0.6) is 0 Å². The number of benzene rings is 2. The highest BCUT2D eigenvalue weighted by Crippen LogP contribution is 2.53. The molecule has 248 valence electrons. The zero-order valence-corrected chi connectivity index (χ0v) is 34.4. The van der Waals surface area contributed by atoms with E-state index in [4.69, 9.17) is 36.5 Å². The highest BCUT2D eigenvalue weighted by atomic mass is 33.8. The van der Waals surface area contributed by atoms with Gasteiger partial charge < -0.3 is 26.6 Å². The maximum atomic E-state index is 5.85. The minimum absolute atomic E-state index is 0.298. The van der Waals surface area contributed by atoms with Gasteiger partial charge in [0.2, 0.25) is 0 Å². The molecule has 2 atom stereocenters. The van der Waals surface area contributed by atoms with Crippen LogP contribution in [0.25, 0.3) is 20.4 Å². The minimum atomic E-state index is -2.87. The Balaban J connectivity index is 1.41. The number of para-hydroxylation sites is 2. The summed E-state index contributed by atoms with van der Waals surface area (Å²) in [6, 6.07) is 17.8. The summed E-state index contributed by atoms with van der Waals surface area (Å²) in [4.78, 5) is 10.0. The fourth-order valence-electron chi connectivity index (χ4n) is 4.89. The summed E-state index contributed by atoms with van der Waals surface area (Å²) in [6.07, 6.45) is 0. The number of fused-ring (bicyclic) bond motifs is 2. The molecule has 0 spiro atoms. The number of nitrogens with zero attached hydrogens (tertiary/aromatic N) is 2. The van der Waals surface area contributed by atoms with Crippen LogP contribution in [0.3, 0.4) is 0 Å². The van der Waals surface area contributed by atoms with Crippen LogP contribution in [-0.2, 0) is 37.4 Å². The zero-order chi connectivity index (χ0) is 32.6. The van der Waals surface area contributed by atoms with Crippen LogP contribution in [0.15, 0.2) is 48.5 Å². The molecule has 2 aromatic carbocycles. The van der Waals surface area contributed by atoms with Gasteiger partial charge in [-0.2, -0.15) is 0 Å². The molecule has 45 heavy (non-hydrogen) atoms. The van der Waals surface area contributed by atoms with Crippen molar-refractivity contribution in [2.75, 3.05) is 54.2 Å². The Hall–Kier alpha value is 0.164. The standard InChI is InChI=1S/C28H40N2O6S7Si2/c1-27(19-44(31-3,32-4)33-5,25-29-21-13-9-11-15-23(21)39-25)17-37-41-43-42-38-18-28(2,20-45(34-6,35-7)36-8)26-30-22-14-10-12-16-24(22)40-26/h9-16H,17-20H2,1-8H3. The van der Waals surface area contributed by atoms with Crippen molar-refractivity contribution in [1.82, 2.24) is 9.97 Å². The monoisotopic (exact) mass is 780 g/mol. The SMILES string of the molecule is CO[Si](CC(C)(CSSSSSCC(C)(C[Si](OC)(OC)OC)c1nc2ccccc2s1)c1nc2ccccc2s1)(OC)OC. The van der Waals surface area contributed by atoms with Crippen molar-refractivity contribution < 1.29 is 26.6 Å². The molecule has 4 aromatic rings. The van der Waals surface area contributed by atoms with Gasteiger partial charge in [0.25, 0.3) is 0 Å². The Morgan fingerprint density at radius 1 is 0.578 bits per heavy atom. The second-order valence-electron chi connectivity index (χ2n) is 10.8. The minimum Gasteiger partial charge on any atom is -0.377 e. The van der Waals surface area contributed by atoms with E-state index in [1.165, 1.54) is 9.40 Å². The Morgan fingerprint density at radius 2 is 0.933 bits per heavy atom. The fraction of sp³-hybridized carbons (Fsp3) is 0.500. The summed E-state index contributed by atoms with van der Waals surface area (Å²) in [5, 5.41) is 2.14. The molecule has 2 aromatic heterocycles. The van der Waals surface area contributed by atoms with Crippen LogP contribution in [0.2, 0.25) is 12.1 Å². The topological polar surface area (TPSA) is 81.2 Å². The Kier molecular flexibility index (Phi) is 14.5. The van der Waals surface area contributed by atoms with Crippen molar-refractivity contribution in [3.05, 3.63) is 58.5 Å². The lowest BCUT2D eigenvalue weighted by molar-refractivity contribution is 0.117. The van der Waals surface area contributed by atoms with E-state index in [-0.39, 0.29) is 10.8 Å². The van der Waals surface area contributed by atoms with Crippen LogP contribution in [0.1, 0.15) is 23.9 Å². The first-order valence-electron chi connectivity index (χ1n) is 13.9. The molecule has 0 fully saturated rings. The van der Waals surface area contributed by atoms with E-state index in [1.54, 1.807) is 94.8 Å². The lowest BCUT2D eigenvalue weighted by atomic mass is 9.97. The molecule has 2 unspecified atom stereocenters. The normalized spacial score (nSPS) is 15.5. The summed E-state index contributed by atoms with van der Waals surface area (Å²) >= 11 is 3.47. The first kappa shape index (κ1) is 38.0. The third-order valence-electron chi connectivity index (χ3n) is 7.61. The van der Waals surface area contributed by atoms with Crippen molar-refractivity contribution in [2.24, 2.45) is 0 Å². The molecule has 17 heteroatoms. The molecule has 8 nitrogen and oxygen atoms in total. The molecule has 4 rings (SSSR count). The summed E-state index contributed by atoms with van der Waals surface area (Å²) in [6.45, 7) is 4.48. The second kappa shape index (κ2) is 17.2. The molecule has 0 bridgehead atoms. The third-order valence-corrected chi connectivity index (χ3v) is 25.6. The molecule has 0 N–H and O–H groups in total. The van der Waals surface area contributed by atoms with Crippen LogP contribution in [0.4, 0.5) is 0 Å². The third kappa shape index (κ3) is 9.24. The van der Waals surface area contributed by atoms with Gasteiger partial charge in [-0.15, -0.1) is 22.7 Å². The van der Waals surface area contributed by atoms with Crippen LogP contribution < -0.4 is 0 Å². The maximum Gasteiger partial charge on any atom is 0.501 e. The number of aromatic nitrogens is 2. The van der Waals surface area contributed by atoms with Gasteiger partial charge in [-0.3, -0.25) is 0 Å². The molecular formula is C28H40N2O6S7Si2. The highest BCUT2D eigenvalue weighted by Gasteiger charge is 2.49. The van der Waals surface area contributed by atoms with Crippen molar-refractivity contribution in [3.8, 4) is 0 Å². The van der Waals surface area contributed by atoms with Crippen molar-refractivity contribution in [3.63, 3.8) is 0 Å². The van der Waals surface area contributed by atoms with Gasteiger partial charge in [-0.25, -0.2) is 9.97 Å². The molecule has 0 aliphatic carbocycles. The Bertz CT molecular complexity index is 1320. The largest absolute Gasteiger partial charge is 0.501 e. The van der Waals surface area contributed by atoms with Gasteiger partial charge in [0, 0.05) is 77.1 Å². The molecule has 0 aliphatic heterocycles. The summed E-state index contributed by atoms with van der Waals surface area (Å²) in [5.74, 6) is 1.65. The summed E-state index contributed by atoms with van der Waals surface area (Å²) < 4.78 is 37.4. The molecule has 0 saturated heterocycles. The van der Waals surface area contributed by atoms with E-state index in [1.807, 2.05) is 33.7 Å². The fourth-order valence-corrected chi connectivity index (χ4v) is 22.0. The van der Waals surface area contributed by atoms with E-state index >= 15 is 0 Å². The molecule has 0 aliphatic rings. The zero-order valence-electron chi connectivity index (χ0n) is 26.6. The first-order chi connectivity index (χ1) is 21.6. The van der Waals surface area contributed by atoms with Crippen molar-refractivity contribution >= 4 is 112 Å². The van der Waals surface area contributed by atoms with Crippen LogP contribution >= 0.6 is 73.7 Å². The second-order valence-corrected chi connectivity index (χ2v) is 26.5. The van der Waals surface area contributed by atoms with Crippen molar-refractivity contribution in [2.45, 2.75) is 36.8 Å². The number of thiazole rings is 2. The molecular weight excluding hydrogens is 741 g/mol. The average molecular weight is 781 g/mol. The van der Waals surface area contributed by atoms with Crippen LogP contribution in [-0.4, -0.2) is 81.7 Å². The van der Waals surface area contributed by atoms with E-state index in [0.717, 1.165) is 32.6 Å². The summed E-state index contributed by atoms with van der Waals surface area (Å²) in [7, 11) is 13.2. The number of rotatable bonds is 20. The quantitative estimate of drug-likeness (QED) is 0.0486. The smallest absolute Gasteiger partial charge is 0.377 e. The van der Waals surface area contributed by atoms with Gasteiger partial charge >= 0.3 is 17.6 Å². The van der Waals surface area contributed by atoms with E-state index in [9.17, 15) is 0 Å². The predicted octanol–water partition coefficient (Wildman–Crippen LogP) is 9.20. The van der Waals surface area contributed by atoms with Crippen LogP contribution in [0, 0.1) is 0 Å². The molecule has 2 heterocycles. The lowest BCUT2D eigenvalue weighted by Gasteiger charge is -2.34. The highest BCUT2D eigenvalue weighted by molar-refractivity contribution is 9.35. The molecule has 0 radical (unpaired) electrons. The summed E-state index contributed by atoms with van der Waals surface area (Å²) in [5.41, 5.74) is 1.43. The average Bonchev–Trinajstić information content (AvgIpc) is 3.72. The van der Waals surface area contributed by atoms with Gasteiger partial charge in [0.1, 0.15) is 10.0 Å². The molecule has 0 saturated carbocycles. The predicted molar refractivity (Wildman–Crippen MR) is 205 cm³/mol. The van der Waals surface area contributed by atoms with Gasteiger partial charge in [-0.05, 0) is 53.7 Å². The van der Waals surface area contributed by atoms with Gasteiger partial charge in [0.15, 0.2) is 0 Å².